The van der Waals surface area contributed by atoms with E-state index in [0.29, 0.717) is 17.7 Å². The van der Waals surface area contributed by atoms with Gasteiger partial charge in [0.05, 0.1) is 12.3 Å². The molecule has 4 rings (SSSR count). The zero-order chi connectivity index (χ0) is 19.6. The summed E-state index contributed by atoms with van der Waals surface area (Å²) in [5, 5.41) is 14.0. The van der Waals surface area contributed by atoms with Crippen LogP contribution >= 0.6 is 0 Å². The fraction of sp³-hybridized carbons (Fsp3) is 0.526. The monoisotopic (exact) mass is 393 g/mol. The Bertz CT molecular complexity index is 832. The second-order valence-corrected chi connectivity index (χ2v) is 7.35. The van der Waals surface area contributed by atoms with Crippen LogP contribution in [0.5, 0.6) is 0 Å². The molecule has 1 saturated carbocycles. The van der Waals surface area contributed by atoms with Crippen molar-refractivity contribution >= 4 is 0 Å². The Balaban J connectivity index is 1.27. The van der Waals surface area contributed by atoms with Crippen molar-refractivity contribution in [3.63, 3.8) is 0 Å². The van der Waals surface area contributed by atoms with E-state index in [1.165, 1.54) is 11.6 Å². The molecule has 0 aliphatic heterocycles. The largest absolute Gasteiger partial charge is 0.412 e. The molecule has 1 fully saturated rings. The SMILES string of the molecule is FC(F)(F)C1=CC=CC(OCc2nc(C3CCC(c4cn[nH]c4)CC3)n[nH]2)C1. The summed E-state index contributed by atoms with van der Waals surface area (Å²) in [5.41, 5.74) is 0.669. The lowest BCUT2D eigenvalue weighted by molar-refractivity contribution is -0.0982. The number of alkyl halides is 3. The number of halogens is 3. The number of ether oxygens (including phenoxy) is 1. The van der Waals surface area contributed by atoms with Crippen LogP contribution in [0.1, 0.15) is 61.2 Å². The quantitative estimate of drug-likeness (QED) is 0.794. The number of hydrogen-bond donors (Lipinski definition) is 2. The van der Waals surface area contributed by atoms with Crippen LogP contribution in [0.15, 0.2) is 36.2 Å². The van der Waals surface area contributed by atoms with Gasteiger partial charge in [0.15, 0.2) is 11.6 Å². The van der Waals surface area contributed by atoms with Gasteiger partial charge in [0.1, 0.15) is 6.61 Å². The highest BCUT2D eigenvalue weighted by atomic mass is 19.4. The molecule has 28 heavy (non-hydrogen) atoms. The second-order valence-electron chi connectivity index (χ2n) is 7.35. The van der Waals surface area contributed by atoms with Gasteiger partial charge in [-0.05, 0) is 37.2 Å². The van der Waals surface area contributed by atoms with Crippen LogP contribution in [-0.2, 0) is 11.3 Å². The predicted molar refractivity (Wildman–Crippen MR) is 95.4 cm³/mol. The van der Waals surface area contributed by atoms with Crippen molar-refractivity contribution in [3.8, 4) is 0 Å². The van der Waals surface area contributed by atoms with Gasteiger partial charge in [0.25, 0.3) is 0 Å². The third kappa shape index (κ3) is 4.35. The van der Waals surface area contributed by atoms with Crippen LogP contribution in [0.2, 0.25) is 0 Å². The number of nitrogens with zero attached hydrogens (tertiary/aromatic N) is 3. The van der Waals surface area contributed by atoms with E-state index in [2.05, 4.69) is 25.4 Å². The molecule has 0 spiro atoms. The number of H-pyrrole nitrogens is 2. The van der Waals surface area contributed by atoms with E-state index in [9.17, 15) is 13.2 Å². The molecule has 2 N–H and O–H groups in total. The number of aromatic amines is 2. The van der Waals surface area contributed by atoms with Crippen LogP contribution in [-0.4, -0.2) is 37.7 Å². The van der Waals surface area contributed by atoms with E-state index in [4.69, 9.17) is 4.74 Å². The third-order valence-electron chi connectivity index (χ3n) is 5.47. The van der Waals surface area contributed by atoms with Gasteiger partial charge < -0.3 is 4.74 Å². The number of hydrogen-bond acceptors (Lipinski definition) is 4. The van der Waals surface area contributed by atoms with Gasteiger partial charge in [-0.25, -0.2) is 4.98 Å². The lowest BCUT2D eigenvalue weighted by Crippen LogP contribution is -2.21. The molecule has 1 unspecified atom stereocenters. The first kappa shape index (κ1) is 18.9. The maximum Gasteiger partial charge on any atom is 0.412 e. The lowest BCUT2D eigenvalue weighted by Gasteiger charge is -2.26. The molecule has 2 aromatic heterocycles. The molecule has 150 valence electrons. The van der Waals surface area contributed by atoms with Gasteiger partial charge in [-0.3, -0.25) is 10.2 Å². The Morgan fingerprint density at radius 2 is 1.93 bits per heavy atom. The van der Waals surface area contributed by atoms with Crippen molar-refractivity contribution in [1.29, 1.82) is 0 Å². The average Bonchev–Trinajstić information content (AvgIpc) is 3.38. The van der Waals surface area contributed by atoms with E-state index >= 15 is 0 Å². The second kappa shape index (κ2) is 7.90. The Morgan fingerprint density at radius 1 is 1.14 bits per heavy atom. The molecular weight excluding hydrogens is 371 g/mol. The topological polar surface area (TPSA) is 79.5 Å². The summed E-state index contributed by atoms with van der Waals surface area (Å²) in [6, 6.07) is 0. The number of nitrogens with one attached hydrogen (secondary N) is 2. The Hall–Kier alpha value is -2.42. The van der Waals surface area contributed by atoms with Crippen molar-refractivity contribution < 1.29 is 17.9 Å². The molecule has 2 aromatic rings. The minimum Gasteiger partial charge on any atom is -0.366 e. The Morgan fingerprint density at radius 3 is 2.64 bits per heavy atom. The van der Waals surface area contributed by atoms with E-state index in [1.807, 2.05) is 12.4 Å². The summed E-state index contributed by atoms with van der Waals surface area (Å²) in [6.45, 7) is 0.109. The maximum absolute atomic E-state index is 12.8. The standard InChI is InChI=1S/C19H22F3N5O/c20-19(21,22)15-2-1-3-16(8-15)28-11-17-25-18(27-26-17)13-6-4-12(5-7-13)14-9-23-24-10-14/h1-3,9-10,12-13,16H,4-8,11H2,(H,23,24)(H,25,26,27). The van der Waals surface area contributed by atoms with Crippen molar-refractivity contribution in [1.82, 2.24) is 25.4 Å². The van der Waals surface area contributed by atoms with Gasteiger partial charge in [-0.1, -0.05) is 18.2 Å². The molecule has 0 bridgehead atoms. The maximum atomic E-state index is 12.8. The molecule has 1 atom stereocenters. The summed E-state index contributed by atoms with van der Waals surface area (Å²) >= 11 is 0. The minimum atomic E-state index is -4.32. The number of aromatic nitrogens is 5. The lowest BCUT2D eigenvalue weighted by atomic mass is 9.79. The van der Waals surface area contributed by atoms with E-state index in [0.717, 1.165) is 37.6 Å². The molecule has 0 saturated heterocycles. The molecule has 0 aromatic carbocycles. The fourth-order valence-corrected chi connectivity index (χ4v) is 3.89. The van der Waals surface area contributed by atoms with E-state index < -0.39 is 17.9 Å². The Labute approximate surface area is 160 Å². The highest BCUT2D eigenvalue weighted by Crippen LogP contribution is 2.39. The molecule has 2 heterocycles. The summed E-state index contributed by atoms with van der Waals surface area (Å²) < 4.78 is 44.0. The van der Waals surface area contributed by atoms with E-state index in [1.54, 1.807) is 6.08 Å². The summed E-state index contributed by atoms with van der Waals surface area (Å²) in [5.74, 6) is 2.12. The highest BCUT2D eigenvalue weighted by Gasteiger charge is 2.35. The predicted octanol–water partition coefficient (Wildman–Crippen LogP) is 4.30. The first-order chi connectivity index (χ1) is 13.5. The van der Waals surface area contributed by atoms with Crippen molar-refractivity contribution in [2.45, 2.75) is 62.8 Å². The highest BCUT2D eigenvalue weighted by molar-refractivity contribution is 5.24. The average molecular weight is 393 g/mol. The van der Waals surface area contributed by atoms with Crippen molar-refractivity contribution in [2.24, 2.45) is 0 Å². The first-order valence-corrected chi connectivity index (χ1v) is 9.45. The van der Waals surface area contributed by atoms with Gasteiger partial charge in [-0.2, -0.15) is 23.4 Å². The van der Waals surface area contributed by atoms with Crippen LogP contribution in [0.3, 0.4) is 0 Å². The Kier molecular flexibility index (Phi) is 5.34. The van der Waals surface area contributed by atoms with Gasteiger partial charge in [-0.15, -0.1) is 0 Å². The molecule has 2 aliphatic rings. The fourth-order valence-electron chi connectivity index (χ4n) is 3.89. The number of rotatable bonds is 5. The molecule has 0 amide bonds. The van der Waals surface area contributed by atoms with Crippen molar-refractivity contribution in [3.05, 3.63) is 53.4 Å². The first-order valence-electron chi connectivity index (χ1n) is 9.45. The van der Waals surface area contributed by atoms with Crippen molar-refractivity contribution in [2.75, 3.05) is 0 Å². The van der Waals surface area contributed by atoms with Gasteiger partial charge in [0, 0.05) is 24.1 Å². The zero-order valence-electron chi connectivity index (χ0n) is 15.2. The minimum absolute atomic E-state index is 0.109. The molecule has 9 heteroatoms. The van der Waals surface area contributed by atoms with Crippen LogP contribution in [0.4, 0.5) is 13.2 Å². The summed E-state index contributed by atoms with van der Waals surface area (Å²) in [6.07, 6.45) is 6.95. The van der Waals surface area contributed by atoms with Crippen LogP contribution in [0, 0.1) is 0 Å². The molecule has 0 radical (unpaired) electrons. The van der Waals surface area contributed by atoms with Crippen LogP contribution in [0.25, 0.3) is 0 Å². The third-order valence-corrected chi connectivity index (χ3v) is 5.47. The van der Waals surface area contributed by atoms with Gasteiger partial charge >= 0.3 is 6.18 Å². The summed E-state index contributed by atoms with van der Waals surface area (Å²) in [7, 11) is 0. The molecule has 6 nitrogen and oxygen atoms in total. The number of allylic oxidation sites excluding steroid dienone is 2. The van der Waals surface area contributed by atoms with Gasteiger partial charge in [0.2, 0.25) is 0 Å². The zero-order valence-corrected chi connectivity index (χ0v) is 15.2. The molecular formula is C19H22F3N5O. The normalized spacial score (nSPS) is 25.7. The summed E-state index contributed by atoms with van der Waals surface area (Å²) in [4.78, 5) is 4.50. The molecule has 2 aliphatic carbocycles. The van der Waals surface area contributed by atoms with E-state index in [-0.39, 0.29) is 13.0 Å². The van der Waals surface area contributed by atoms with Crippen LogP contribution < -0.4 is 0 Å². The smallest absolute Gasteiger partial charge is 0.366 e.